The van der Waals surface area contributed by atoms with E-state index < -0.39 is 0 Å². The van der Waals surface area contributed by atoms with Gasteiger partial charge in [-0.25, -0.2) is 0 Å². The molecule has 5 saturated carbocycles. The molecule has 5 fully saturated rings. The number of hydrogen-bond acceptors (Lipinski definition) is 1. The molecular weight excluding hydrogens is 230 g/mol. The first kappa shape index (κ1) is 12.7. The molecule has 0 unspecified atom stereocenters. The maximum Gasteiger partial charge on any atom is 0.00671 e. The second-order valence-corrected chi connectivity index (χ2v) is 8.19. The molecule has 0 heterocycles. The summed E-state index contributed by atoms with van der Waals surface area (Å²) in [5, 5.41) is 3.99. The zero-order valence-corrected chi connectivity index (χ0v) is 12.4. The number of nitrogens with one attached hydrogen (secondary N) is 1. The SMILES string of the molecule is C1CCCC(NCC2C3CC4CC(C3)CC2C4)CC1. The summed E-state index contributed by atoms with van der Waals surface area (Å²) < 4.78 is 0. The van der Waals surface area contributed by atoms with Crippen molar-refractivity contribution in [3.8, 4) is 0 Å². The molecule has 0 aromatic carbocycles. The van der Waals surface area contributed by atoms with Gasteiger partial charge in [-0.05, 0) is 81.1 Å². The molecule has 19 heavy (non-hydrogen) atoms. The van der Waals surface area contributed by atoms with Crippen LogP contribution in [0.3, 0.4) is 0 Å². The molecule has 5 aliphatic carbocycles. The molecule has 1 nitrogen and oxygen atoms in total. The maximum absolute atomic E-state index is 3.99. The van der Waals surface area contributed by atoms with Crippen LogP contribution < -0.4 is 5.32 Å². The standard InChI is InChI=1S/C18H31N/c1-2-4-6-17(5-3-1)19-12-18-15-8-13-7-14(10-15)11-16(18)9-13/h13-19H,1-12H2. The molecule has 0 radical (unpaired) electrons. The molecule has 5 rings (SSSR count). The monoisotopic (exact) mass is 261 g/mol. The summed E-state index contributed by atoms with van der Waals surface area (Å²) in [5.74, 6) is 5.54. The highest BCUT2D eigenvalue weighted by atomic mass is 14.9. The Balaban J connectivity index is 1.33. The van der Waals surface area contributed by atoms with E-state index in [1.807, 2.05) is 0 Å². The predicted octanol–water partition coefficient (Wildman–Crippen LogP) is 4.37. The van der Waals surface area contributed by atoms with Crippen molar-refractivity contribution in [1.82, 2.24) is 5.32 Å². The number of rotatable bonds is 3. The molecule has 4 bridgehead atoms. The van der Waals surface area contributed by atoms with Gasteiger partial charge in [0.15, 0.2) is 0 Å². The Morgan fingerprint density at radius 1 is 0.684 bits per heavy atom. The van der Waals surface area contributed by atoms with Crippen molar-refractivity contribution in [2.75, 3.05) is 6.54 Å². The third kappa shape index (κ3) is 2.60. The molecule has 0 amide bonds. The molecular formula is C18H31N. The molecule has 0 aromatic rings. The van der Waals surface area contributed by atoms with Crippen LogP contribution in [0.15, 0.2) is 0 Å². The zero-order chi connectivity index (χ0) is 12.7. The summed E-state index contributed by atoms with van der Waals surface area (Å²) in [6.45, 7) is 1.36. The Morgan fingerprint density at radius 2 is 1.26 bits per heavy atom. The van der Waals surface area contributed by atoms with Crippen molar-refractivity contribution in [3.63, 3.8) is 0 Å². The van der Waals surface area contributed by atoms with Gasteiger partial charge in [-0.1, -0.05) is 25.7 Å². The van der Waals surface area contributed by atoms with Crippen LogP contribution in [-0.4, -0.2) is 12.6 Å². The van der Waals surface area contributed by atoms with E-state index in [-0.39, 0.29) is 0 Å². The Morgan fingerprint density at radius 3 is 1.84 bits per heavy atom. The zero-order valence-electron chi connectivity index (χ0n) is 12.4. The first-order chi connectivity index (χ1) is 9.38. The molecule has 5 aliphatic rings. The van der Waals surface area contributed by atoms with Crippen LogP contribution in [0.25, 0.3) is 0 Å². The van der Waals surface area contributed by atoms with E-state index in [0.717, 1.165) is 35.6 Å². The highest BCUT2D eigenvalue weighted by molar-refractivity contribution is 4.98. The summed E-state index contributed by atoms with van der Waals surface area (Å²) in [4.78, 5) is 0. The van der Waals surface area contributed by atoms with Crippen molar-refractivity contribution < 1.29 is 0 Å². The molecule has 0 saturated heterocycles. The van der Waals surface area contributed by atoms with Gasteiger partial charge in [0.25, 0.3) is 0 Å². The smallest absolute Gasteiger partial charge is 0.00671 e. The lowest BCUT2D eigenvalue weighted by Crippen LogP contribution is -2.49. The number of hydrogen-bond donors (Lipinski definition) is 1. The van der Waals surface area contributed by atoms with Gasteiger partial charge in [-0.15, -0.1) is 0 Å². The largest absolute Gasteiger partial charge is 0.314 e. The molecule has 0 spiro atoms. The molecule has 1 N–H and O–H groups in total. The normalized spacial score (nSPS) is 46.4. The van der Waals surface area contributed by atoms with Crippen molar-refractivity contribution in [3.05, 3.63) is 0 Å². The second kappa shape index (κ2) is 5.39. The molecule has 108 valence electrons. The Kier molecular flexibility index (Phi) is 3.60. The Hall–Kier alpha value is -0.0400. The fourth-order valence-corrected chi connectivity index (χ4v) is 6.16. The van der Waals surface area contributed by atoms with Crippen LogP contribution >= 0.6 is 0 Å². The summed E-state index contributed by atoms with van der Waals surface area (Å²) in [5.41, 5.74) is 0. The van der Waals surface area contributed by atoms with Crippen LogP contribution in [0.1, 0.15) is 70.6 Å². The van der Waals surface area contributed by atoms with Crippen molar-refractivity contribution in [2.45, 2.75) is 76.7 Å². The van der Waals surface area contributed by atoms with Crippen LogP contribution in [0.2, 0.25) is 0 Å². The van der Waals surface area contributed by atoms with Gasteiger partial charge < -0.3 is 5.32 Å². The van der Waals surface area contributed by atoms with Gasteiger partial charge in [0, 0.05) is 6.04 Å². The third-order valence-corrected chi connectivity index (χ3v) is 6.92. The summed E-state index contributed by atoms with van der Waals surface area (Å²) in [6.07, 6.45) is 16.8. The molecule has 1 heteroatoms. The fourth-order valence-electron chi connectivity index (χ4n) is 6.16. The highest BCUT2D eigenvalue weighted by Crippen LogP contribution is 2.56. The molecule has 0 aromatic heterocycles. The quantitative estimate of drug-likeness (QED) is 0.744. The summed E-state index contributed by atoms with van der Waals surface area (Å²) in [7, 11) is 0. The van der Waals surface area contributed by atoms with E-state index in [1.54, 1.807) is 32.1 Å². The van der Waals surface area contributed by atoms with Crippen LogP contribution in [0.5, 0.6) is 0 Å². The fraction of sp³-hybridized carbons (Fsp3) is 1.00. The van der Waals surface area contributed by atoms with Gasteiger partial charge in [0.1, 0.15) is 0 Å². The van der Waals surface area contributed by atoms with E-state index in [9.17, 15) is 0 Å². The minimum Gasteiger partial charge on any atom is -0.314 e. The van der Waals surface area contributed by atoms with E-state index in [4.69, 9.17) is 0 Å². The van der Waals surface area contributed by atoms with Crippen molar-refractivity contribution >= 4 is 0 Å². The topological polar surface area (TPSA) is 12.0 Å². The van der Waals surface area contributed by atoms with Gasteiger partial charge in [-0.2, -0.15) is 0 Å². The average Bonchev–Trinajstić information content (AvgIpc) is 2.66. The van der Waals surface area contributed by atoms with Crippen molar-refractivity contribution in [1.29, 1.82) is 0 Å². The lowest BCUT2D eigenvalue weighted by molar-refractivity contribution is -0.0364. The minimum atomic E-state index is 0.861. The first-order valence-corrected chi connectivity index (χ1v) is 9.12. The highest BCUT2D eigenvalue weighted by Gasteiger charge is 2.47. The average molecular weight is 261 g/mol. The van der Waals surface area contributed by atoms with Crippen LogP contribution in [0, 0.1) is 29.6 Å². The van der Waals surface area contributed by atoms with E-state index in [2.05, 4.69) is 5.32 Å². The maximum atomic E-state index is 3.99. The Labute approximate surface area is 118 Å². The van der Waals surface area contributed by atoms with E-state index in [0.29, 0.717) is 0 Å². The Bertz CT molecular complexity index is 275. The van der Waals surface area contributed by atoms with Gasteiger partial charge in [-0.3, -0.25) is 0 Å². The van der Waals surface area contributed by atoms with Gasteiger partial charge in [0.2, 0.25) is 0 Å². The third-order valence-electron chi connectivity index (χ3n) is 6.92. The lowest BCUT2D eigenvalue weighted by atomic mass is 9.52. The molecule has 0 aliphatic heterocycles. The van der Waals surface area contributed by atoms with Gasteiger partial charge in [0.05, 0.1) is 0 Å². The van der Waals surface area contributed by atoms with Crippen LogP contribution in [0.4, 0.5) is 0 Å². The van der Waals surface area contributed by atoms with Gasteiger partial charge >= 0.3 is 0 Å². The van der Waals surface area contributed by atoms with E-state index in [1.165, 1.54) is 45.1 Å². The summed E-state index contributed by atoms with van der Waals surface area (Å²) >= 11 is 0. The second-order valence-electron chi connectivity index (χ2n) is 8.19. The predicted molar refractivity (Wildman–Crippen MR) is 80.0 cm³/mol. The summed E-state index contributed by atoms with van der Waals surface area (Å²) in [6, 6.07) is 0.861. The minimum absolute atomic E-state index is 0.861. The molecule has 0 atom stereocenters. The first-order valence-electron chi connectivity index (χ1n) is 9.12. The van der Waals surface area contributed by atoms with E-state index >= 15 is 0 Å². The lowest BCUT2D eigenvalue weighted by Gasteiger charge is -2.54. The van der Waals surface area contributed by atoms with Crippen molar-refractivity contribution in [2.24, 2.45) is 29.6 Å². The van der Waals surface area contributed by atoms with Crippen LogP contribution in [-0.2, 0) is 0 Å².